The van der Waals surface area contributed by atoms with E-state index < -0.39 is 18.3 Å². The first-order valence-electron chi connectivity index (χ1n) is 6.43. The topological polar surface area (TPSA) is 41.9 Å². The normalized spacial score (nSPS) is 17.6. The molecule has 0 saturated heterocycles. The maximum absolute atomic E-state index is 13.1. The lowest BCUT2D eigenvalue weighted by Crippen LogP contribution is -2.51. The van der Waals surface area contributed by atoms with Gasteiger partial charge in [0.15, 0.2) is 6.04 Å². The van der Waals surface area contributed by atoms with E-state index in [-0.39, 0.29) is 12.3 Å². The number of ether oxygens (including phenoxy) is 1. The number of nitrogens with zero attached hydrogens (tertiary/aromatic N) is 2. The predicted molar refractivity (Wildman–Crippen MR) is 73.4 cm³/mol. The first-order chi connectivity index (χ1) is 9.75. The Labute approximate surface area is 120 Å². The molecule has 0 fully saturated rings. The minimum absolute atomic E-state index is 0.00275. The van der Waals surface area contributed by atoms with Crippen molar-refractivity contribution in [2.45, 2.75) is 33.0 Å². The number of anilines is 1. The molecule has 1 unspecified atom stereocenters. The number of alkyl halides is 3. The van der Waals surface area contributed by atoms with Gasteiger partial charge in [-0.2, -0.15) is 13.2 Å². The lowest BCUT2D eigenvalue weighted by atomic mass is 10.0. The van der Waals surface area contributed by atoms with Crippen molar-refractivity contribution in [3.63, 3.8) is 0 Å². The molecule has 1 aliphatic rings. The quantitative estimate of drug-likeness (QED) is 0.789. The third kappa shape index (κ3) is 2.86. The highest BCUT2D eigenvalue weighted by atomic mass is 19.4. The van der Waals surface area contributed by atoms with Crippen LogP contribution in [0.5, 0.6) is 0 Å². The summed E-state index contributed by atoms with van der Waals surface area (Å²) in [6.07, 6.45) is -4.92. The maximum atomic E-state index is 13.1. The summed E-state index contributed by atoms with van der Waals surface area (Å²) in [5.41, 5.74) is 2.11. The van der Waals surface area contributed by atoms with Crippen LogP contribution in [0.25, 0.3) is 0 Å². The average molecular weight is 300 g/mol. The van der Waals surface area contributed by atoms with Crippen LogP contribution >= 0.6 is 0 Å². The van der Waals surface area contributed by atoms with E-state index in [9.17, 15) is 18.0 Å². The molecule has 0 radical (unpaired) electrons. The molecule has 1 amide bonds. The molecular weight excluding hydrogens is 285 g/mol. The number of hydrogen-bond acceptors (Lipinski definition) is 3. The summed E-state index contributed by atoms with van der Waals surface area (Å²) in [5, 5.41) is 0. The van der Waals surface area contributed by atoms with E-state index in [4.69, 9.17) is 4.74 Å². The van der Waals surface area contributed by atoms with Crippen LogP contribution in [0.15, 0.2) is 17.1 Å². The highest BCUT2D eigenvalue weighted by molar-refractivity contribution is 6.00. The van der Waals surface area contributed by atoms with Crippen molar-refractivity contribution in [2.24, 2.45) is 4.99 Å². The van der Waals surface area contributed by atoms with Gasteiger partial charge in [-0.05, 0) is 44.0 Å². The van der Waals surface area contributed by atoms with Gasteiger partial charge in [-0.1, -0.05) is 0 Å². The molecule has 2 rings (SSSR count). The molecule has 1 aromatic carbocycles. The number of carbonyl (C=O) groups excluding carboxylic acids is 1. The minimum atomic E-state index is -4.62. The van der Waals surface area contributed by atoms with Crippen LogP contribution in [0.2, 0.25) is 0 Å². The summed E-state index contributed by atoms with van der Waals surface area (Å²) in [5.74, 6) is 0. The van der Waals surface area contributed by atoms with E-state index in [1.807, 2.05) is 6.92 Å². The number of rotatable bonds is 1. The van der Waals surface area contributed by atoms with Gasteiger partial charge in [-0.15, -0.1) is 0 Å². The largest absolute Gasteiger partial charge is 0.449 e. The minimum Gasteiger partial charge on any atom is -0.449 e. The Morgan fingerprint density at radius 3 is 2.52 bits per heavy atom. The highest BCUT2D eigenvalue weighted by Gasteiger charge is 2.48. The summed E-state index contributed by atoms with van der Waals surface area (Å²) in [7, 11) is 0. The molecular formula is C14H15F3N2O2. The molecule has 1 aromatic rings. The second kappa shape index (κ2) is 5.38. The van der Waals surface area contributed by atoms with Gasteiger partial charge in [-0.3, -0.25) is 9.89 Å². The molecule has 1 aliphatic heterocycles. The van der Waals surface area contributed by atoms with Crippen molar-refractivity contribution in [1.82, 2.24) is 0 Å². The molecule has 0 spiro atoms. The van der Waals surface area contributed by atoms with Crippen molar-refractivity contribution in [1.29, 1.82) is 0 Å². The van der Waals surface area contributed by atoms with Gasteiger partial charge < -0.3 is 4.74 Å². The van der Waals surface area contributed by atoms with Crippen molar-refractivity contribution in [3.8, 4) is 0 Å². The Kier molecular flexibility index (Phi) is 3.93. The standard InChI is InChI=1S/C14H15F3N2O2/c1-4-21-13(20)19-11-6-9(3)8(2)5-10(11)18-7-12(19)14(15,16)17/h5-7,12H,4H2,1-3H3. The van der Waals surface area contributed by atoms with E-state index in [1.54, 1.807) is 19.9 Å². The van der Waals surface area contributed by atoms with Crippen molar-refractivity contribution >= 4 is 23.7 Å². The van der Waals surface area contributed by atoms with Crippen LogP contribution < -0.4 is 4.90 Å². The molecule has 4 nitrogen and oxygen atoms in total. The SMILES string of the molecule is CCOC(=O)N1c2cc(C)c(C)cc2N=CC1C(F)(F)F. The molecule has 1 atom stereocenters. The number of aryl methyl sites for hydroxylation is 2. The monoisotopic (exact) mass is 300 g/mol. The second-order valence-corrected chi connectivity index (χ2v) is 4.76. The fourth-order valence-electron chi connectivity index (χ4n) is 2.09. The molecule has 7 heteroatoms. The number of amides is 1. The molecule has 0 aliphatic carbocycles. The maximum Gasteiger partial charge on any atom is 0.415 e. The van der Waals surface area contributed by atoms with E-state index in [1.165, 1.54) is 6.07 Å². The smallest absolute Gasteiger partial charge is 0.415 e. The summed E-state index contributed by atoms with van der Waals surface area (Å²) in [6, 6.07) is 1.06. The van der Waals surface area contributed by atoms with Gasteiger partial charge in [0, 0.05) is 6.21 Å². The molecule has 1 heterocycles. The van der Waals surface area contributed by atoms with Gasteiger partial charge >= 0.3 is 12.3 Å². The summed E-state index contributed by atoms with van der Waals surface area (Å²) in [4.78, 5) is 16.4. The second-order valence-electron chi connectivity index (χ2n) is 4.76. The lowest BCUT2D eigenvalue weighted by molar-refractivity contribution is -0.132. The fourth-order valence-corrected chi connectivity index (χ4v) is 2.09. The number of aliphatic imine (C=N–C) groups is 1. The molecule has 0 aromatic heterocycles. The molecule has 114 valence electrons. The summed E-state index contributed by atoms with van der Waals surface area (Å²) < 4.78 is 44.1. The zero-order valence-electron chi connectivity index (χ0n) is 11.9. The average Bonchev–Trinajstić information content (AvgIpc) is 2.38. The molecule has 0 bridgehead atoms. The summed E-state index contributed by atoms with van der Waals surface area (Å²) >= 11 is 0. The third-order valence-corrected chi connectivity index (χ3v) is 3.28. The van der Waals surface area contributed by atoms with Crippen LogP contribution in [0, 0.1) is 13.8 Å². The summed E-state index contributed by atoms with van der Waals surface area (Å²) in [6.45, 7) is 5.13. The number of halogens is 3. The Morgan fingerprint density at radius 2 is 1.95 bits per heavy atom. The third-order valence-electron chi connectivity index (χ3n) is 3.28. The van der Waals surface area contributed by atoms with E-state index in [0.717, 1.165) is 17.3 Å². The first-order valence-corrected chi connectivity index (χ1v) is 6.43. The highest BCUT2D eigenvalue weighted by Crippen LogP contribution is 2.39. The number of fused-ring (bicyclic) bond motifs is 1. The van der Waals surface area contributed by atoms with Crippen LogP contribution in [0.4, 0.5) is 29.3 Å². The van der Waals surface area contributed by atoms with Crippen LogP contribution in [-0.2, 0) is 4.74 Å². The Morgan fingerprint density at radius 1 is 1.33 bits per heavy atom. The number of benzene rings is 1. The first kappa shape index (κ1) is 15.3. The van der Waals surface area contributed by atoms with Gasteiger partial charge in [0.1, 0.15) is 0 Å². The number of carbonyl (C=O) groups is 1. The van der Waals surface area contributed by atoms with Gasteiger partial charge in [0.25, 0.3) is 0 Å². The molecule has 0 N–H and O–H groups in total. The van der Waals surface area contributed by atoms with Gasteiger partial charge in [0.05, 0.1) is 18.0 Å². The van der Waals surface area contributed by atoms with Crippen LogP contribution in [0.3, 0.4) is 0 Å². The van der Waals surface area contributed by atoms with E-state index in [0.29, 0.717) is 10.6 Å². The molecule has 0 saturated carbocycles. The van der Waals surface area contributed by atoms with E-state index >= 15 is 0 Å². The van der Waals surface area contributed by atoms with E-state index in [2.05, 4.69) is 4.99 Å². The Bertz CT molecular complexity index is 597. The van der Waals surface area contributed by atoms with Crippen LogP contribution in [0.1, 0.15) is 18.1 Å². The zero-order chi connectivity index (χ0) is 15.8. The van der Waals surface area contributed by atoms with Crippen molar-refractivity contribution in [3.05, 3.63) is 23.3 Å². The van der Waals surface area contributed by atoms with Crippen LogP contribution in [-0.4, -0.2) is 31.1 Å². The Balaban J connectivity index is 2.56. The number of hydrogen-bond donors (Lipinski definition) is 0. The predicted octanol–water partition coefficient (Wildman–Crippen LogP) is 3.91. The van der Waals surface area contributed by atoms with Gasteiger partial charge in [0.2, 0.25) is 0 Å². The Hall–Kier alpha value is -2.05. The lowest BCUT2D eigenvalue weighted by Gasteiger charge is -2.33. The zero-order valence-corrected chi connectivity index (χ0v) is 11.9. The van der Waals surface area contributed by atoms with Crippen molar-refractivity contribution in [2.75, 3.05) is 11.5 Å². The fraction of sp³-hybridized carbons (Fsp3) is 0.429. The van der Waals surface area contributed by atoms with Crippen molar-refractivity contribution < 1.29 is 22.7 Å². The molecule has 21 heavy (non-hydrogen) atoms. The van der Waals surface area contributed by atoms with Gasteiger partial charge in [-0.25, -0.2) is 4.79 Å².